The number of aliphatic hydroxyl groups is 1. The quantitative estimate of drug-likeness (QED) is 0.765. The first-order valence-corrected chi connectivity index (χ1v) is 12.4. The topological polar surface area (TPSA) is 20.2 Å². The maximum absolute atomic E-state index is 8.79. The van der Waals surface area contributed by atoms with Gasteiger partial charge in [0.05, 0.1) is 0 Å². The summed E-state index contributed by atoms with van der Waals surface area (Å²) in [6.45, 7) is 3.81. The summed E-state index contributed by atoms with van der Waals surface area (Å²) in [5, 5.41) is 8.79. The number of hydrogen-bond donors (Lipinski definition) is 1. The second-order valence-electron chi connectivity index (χ2n) is 1.87. The first-order valence-electron chi connectivity index (χ1n) is 2.42. The Balaban J connectivity index is 3.14. The van der Waals surface area contributed by atoms with Crippen LogP contribution >= 0.6 is 8.25 Å². The van der Waals surface area contributed by atoms with Gasteiger partial charge in [0, 0.05) is 0 Å². The van der Waals surface area contributed by atoms with E-state index in [9.17, 15) is 0 Å². The van der Waals surface area contributed by atoms with Crippen molar-refractivity contribution >= 4 is 8.25 Å². The second-order valence-corrected chi connectivity index (χ2v) is 10.8. The van der Waals surface area contributed by atoms with Crippen LogP contribution in [0.1, 0.15) is 13.8 Å². The van der Waals surface area contributed by atoms with E-state index in [2.05, 4.69) is 0 Å². The van der Waals surface area contributed by atoms with Gasteiger partial charge in [-0.1, -0.05) is 0 Å². The summed E-state index contributed by atoms with van der Waals surface area (Å²) in [7, 11) is 5.61. The second kappa shape index (κ2) is 4.10. The molecule has 0 aliphatic carbocycles. The van der Waals surface area contributed by atoms with Crippen LogP contribution in [0.25, 0.3) is 0 Å². The van der Waals surface area contributed by atoms with E-state index in [1.54, 1.807) is 6.92 Å². The molecule has 0 saturated heterocycles. The number of rotatable bonds is 2. The first-order chi connectivity index (χ1) is 3.18. The molecule has 0 radical (unpaired) electrons. The van der Waals surface area contributed by atoms with E-state index in [0.29, 0.717) is 3.43 Å². The van der Waals surface area contributed by atoms with E-state index >= 15 is 0 Å². The molecule has 40 valence electrons. The Labute approximate surface area is 59.9 Å². The van der Waals surface area contributed by atoms with Crippen LogP contribution in [0.3, 0.4) is 0 Å². The molecule has 0 saturated carbocycles. The summed E-state index contributed by atoms with van der Waals surface area (Å²) in [5.41, 5.74) is 0. The van der Waals surface area contributed by atoms with Crippen molar-refractivity contribution < 1.29 is 28.4 Å². The van der Waals surface area contributed by atoms with Gasteiger partial charge in [-0.25, -0.2) is 0 Å². The summed E-state index contributed by atoms with van der Waals surface area (Å²) in [5.74, 6) is 0. The third-order valence-corrected chi connectivity index (χ3v) is 9.88. The van der Waals surface area contributed by atoms with Crippen molar-refractivity contribution in [2.45, 2.75) is 23.4 Å². The zero-order valence-electron chi connectivity index (χ0n) is 4.69. The average molecular weight is 309 g/mol. The molecule has 2 atom stereocenters. The van der Waals surface area contributed by atoms with Gasteiger partial charge in [-0.05, 0) is 0 Å². The molecule has 0 bridgehead atoms. The Morgan fingerprint density at radius 3 is 2.00 bits per heavy atom. The van der Waals surface area contributed by atoms with Gasteiger partial charge in [0.15, 0.2) is 0 Å². The Bertz CT molecular complexity index is 49.0. The van der Waals surface area contributed by atoms with Crippen LogP contribution in [0.5, 0.6) is 0 Å². The van der Waals surface area contributed by atoms with E-state index in [1.165, 1.54) is 0 Å². The minimum atomic E-state index is -1.10. The molecule has 0 spiro atoms. The van der Waals surface area contributed by atoms with E-state index in [-0.39, 0.29) is 6.10 Å². The van der Waals surface area contributed by atoms with Crippen molar-refractivity contribution in [1.29, 1.82) is 0 Å². The van der Waals surface area contributed by atoms with Crippen LogP contribution in [-0.4, -0.2) is 11.2 Å². The van der Waals surface area contributed by atoms with Gasteiger partial charge in [-0.15, -0.1) is 0 Å². The van der Waals surface area contributed by atoms with Crippen molar-refractivity contribution in [2.75, 3.05) is 0 Å². The van der Waals surface area contributed by atoms with E-state index in [1.807, 2.05) is 6.92 Å². The predicted molar refractivity (Wildman–Crippen MR) is 27.0 cm³/mol. The number of hydrogen-bond acceptors (Lipinski definition) is 1. The molecule has 0 aromatic carbocycles. The zero-order chi connectivity index (χ0) is 5.86. The molecule has 0 aliphatic heterocycles. The van der Waals surface area contributed by atoms with Crippen LogP contribution in [-0.2, 0) is 23.3 Å². The summed E-state index contributed by atoms with van der Waals surface area (Å²) in [6.07, 6.45) is -0.167. The molecule has 0 aromatic heterocycles. The van der Waals surface area contributed by atoms with Crippen LogP contribution in [0.2, 0.25) is 3.43 Å². The fourth-order valence-corrected chi connectivity index (χ4v) is 3.39. The molecule has 0 rings (SSSR count). The van der Waals surface area contributed by atoms with Gasteiger partial charge in [0.25, 0.3) is 0 Å². The van der Waals surface area contributed by atoms with Crippen molar-refractivity contribution in [3.8, 4) is 0 Å². The normalized spacial score (nSPS) is 17.7. The zero-order valence-corrected chi connectivity index (χ0v) is 10.9. The average Bonchev–Trinajstić information content (AvgIpc) is 1.65. The molecule has 7 heavy (non-hydrogen) atoms. The fraction of sp³-hybridized carbons (Fsp3) is 1.00. The molecule has 0 amide bonds. The van der Waals surface area contributed by atoms with E-state index < -0.39 is 23.3 Å². The molecule has 0 aliphatic rings. The van der Waals surface area contributed by atoms with Gasteiger partial charge in [-0.2, -0.15) is 0 Å². The third kappa shape index (κ3) is 3.74. The summed E-state index contributed by atoms with van der Waals surface area (Å²) < 4.78 is 0.446. The van der Waals surface area contributed by atoms with Crippen LogP contribution in [0.15, 0.2) is 0 Å². The van der Waals surface area contributed by atoms with Gasteiger partial charge < -0.3 is 0 Å². The van der Waals surface area contributed by atoms with E-state index in [0.717, 1.165) is 0 Å². The predicted octanol–water partition coefficient (Wildman–Crippen LogP) is 1.41. The molecular weight excluding hydrogens is 300 g/mol. The third-order valence-electron chi connectivity index (χ3n) is 1.07. The SMILES string of the molecule is C[C@H](O)[C@H](C)[Hg][Cl]. The Morgan fingerprint density at radius 1 is 1.57 bits per heavy atom. The Hall–Kier alpha value is 1.19. The van der Waals surface area contributed by atoms with Crippen molar-refractivity contribution in [1.82, 2.24) is 0 Å². The van der Waals surface area contributed by atoms with Crippen molar-refractivity contribution in [3.05, 3.63) is 0 Å². The Morgan fingerprint density at radius 2 is 2.00 bits per heavy atom. The van der Waals surface area contributed by atoms with Gasteiger partial charge >= 0.3 is 60.1 Å². The van der Waals surface area contributed by atoms with Gasteiger partial charge in [-0.3, -0.25) is 0 Å². The van der Waals surface area contributed by atoms with Gasteiger partial charge in [0.2, 0.25) is 0 Å². The number of aliphatic hydroxyl groups excluding tert-OH is 1. The fourth-order valence-electron chi connectivity index (χ4n) is 0.129. The standard InChI is InChI=1S/C4H9O.ClH.Hg/c1-3-4(2)5;;/h3-5H,1-2H3;1H;/q;;+1/p-1/t4-;;/m0../s1. The molecule has 0 heterocycles. The maximum atomic E-state index is 8.79. The minimum absolute atomic E-state index is 0.167. The van der Waals surface area contributed by atoms with Gasteiger partial charge in [0.1, 0.15) is 0 Å². The number of halogens is 1. The van der Waals surface area contributed by atoms with Crippen LogP contribution in [0, 0.1) is 0 Å². The monoisotopic (exact) mass is 310 g/mol. The van der Waals surface area contributed by atoms with Crippen molar-refractivity contribution in [3.63, 3.8) is 0 Å². The van der Waals surface area contributed by atoms with Crippen molar-refractivity contribution in [2.24, 2.45) is 0 Å². The van der Waals surface area contributed by atoms with E-state index in [4.69, 9.17) is 13.4 Å². The molecule has 0 fully saturated rings. The summed E-state index contributed by atoms with van der Waals surface area (Å²) in [6, 6.07) is 0. The summed E-state index contributed by atoms with van der Waals surface area (Å²) >= 11 is -1.10. The first kappa shape index (κ1) is 8.19. The molecule has 1 N–H and O–H groups in total. The molecule has 0 unspecified atom stereocenters. The molecule has 3 heteroatoms. The Kier molecular flexibility index (Phi) is 4.80. The van der Waals surface area contributed by atoms with Crippen LogP contribution < -0.4 is 0 Å². The molecule has 1 nitrogen and oxygen atoms in total. The molecule has 0 aromatic rings. The molecular formula is C4H9ClHgO. The van der Waals surface area contributed by atoms with Crippen LogP contribution in [0.4, 0.5) is 0 Å². The summed E-state index contributed by atoms with van der Waals surface area (Å²) in [4.78, 5) is 0.